The van der Waals surface area contributed by atoms with Crippen molar-refractivity contribution < 1.29 is 46.6 Å². The molecule has 17 heavy (non-hydrogen) atoms. The Kier molecular flexibility index (Phi) is 46.0. The number of rotatable bonds is 0. The molecule has 0 spiro atoms. The standard InChI is InChI=1S/4C3H8O.Zr/c4*1-3(2)4;/h4*3-4H,1-2H3;. The van der Waals surface area contributed by atoms with Crippen molar-refractivity contribution in [1.82, 2.24) is 0 Å². The Morgan fingerprint density at radius 2 is 0.412 bits per heavy atom. The number of hydrogen-bond acceptors (Lipinski definition) is 4. The van der Waals surface area contributed by atoms with Crippen LogP contribution < -0.4 is 0 Å². The minimum Gasteiger partial charge on any atom is -0.394 e. The molecule has 108 valence electrons. The second kappa shape index (κ2) is 25.5. The van der Waals surface area contributed by atoms with Crippen LogP contribution in [0.3, 0.4) is 0 Å². The summed E-state index contributed by atoms with van der Waals surface area (Å²) in [6, 6.07) is 0. The molecule has 4 N–H and O–H groups in total. The van der Waals surface area contributed by atoms with Crippen LogP contribution in [-0.4, -0.2) is 44.8 Å². The van der Waals surface area contributed by atoms with E-state index in [0.717, 1.165) is 0 Å². The molecule has 0 aliphatic heterocycles. The fourth-order valence-corrected chi connectivity index (χ4v) is 0. The van der Waals surface area contributed by atoms with Crippen LogP contribution in [0.4, 0.5) is 0 Å². The van der Waals surface area contributed by atoms with Crippen molar-refractivity contribution in [1.29, 1.82) is 0 Å². The van der Waals surface area contributed by atoms with Crippen molar-refractivity contribution in [2.45, 2.75) is 79.8 Å². The summed E-state index contributed by atoms with van der Waals surface area (Å²) in [5.74, 6) is 0. The van der Waals surface area contributed by atoms with Gasteiger partial charge in [0.25, 0.3) is 0 Å². The summed E-state index contributed by atoms with van der Waals surface area (Å²) in [7, 11) is 0. The van der Waals surface area contributed by atoms with Crippen molar-refractivity contribution in [3.05, 3.63) is 0 Å². The Morgan fingerprint density at radius 3 is 0.412 bits per heavy atom. The zero-order valence-electron chi connectivity index (χ0n) is 12.6. The average molecular weight is 332 g/mol. The third-order valence-corrected chi connectivity index (χ3v) is 0. The smallest absolute Gasteiger partial charge is 0.0483 e. The monoisotopic (exact) mass is 330 g/mol. The molecule has 0 heterocycles. The van der Waals surface area contributed by atoms with Crippen LogP contribution >= 0.6 is 0 Å². The summed E-state index contributed by atoms with van der Waals surface area (Å²) in [5, 5.41) is 32.2. The van der Waals surface area contributed by atoms with E-state index in [1.807, 2.05) is 0 Å². The summed E-state index contributed by atoms with van der Waals surface area (Å²) in [6.07, 6.45) is -0.667. The fourth-order valence-electron chi connectivity index (χ4n) is 0. The molecule has 0 aromatic carbocycles. The molecule has 0 aliphatic rings. The molecular formula is C12H32O4Zr. The largest absolute Gasteiger partial charge is 0.394 e. The van der Waals surface area contributed by atoms with Gasteiger partial charge in [0.05, 0.1) is 0 Å². The van der Waals surface area contributed by atoms with Gasteiger partial charge in [-0.15, -0.1) is 0 Å². The number of aliphatic hydroxyl groups excluding tert-OH is 4. The van der Waals surface area contributed by atoms with E-state index in [0.29, 0.717) is 0 Å². The molecule has 0 bridgehead atoms. The first-order chi connectivity index (χ1) is 6.93. The summed E-state index contributed by atoms with van der Waals surface area (Å²) in [5.41, 5.74) is 0. The Labute approximate surface area is 126 Å². The van der Waals surface area contributed by atoms with Gasteiger partial charge in [-0.3, -0.25) is 0 Å². The minimum atomic E-state index is -0.167. The summed E-state index contributed by atoms with van der Waals surface area (Å²) in [6.45, 7) is 13.8. The van der Waals surface area contributed by atoms with Crippen molar-refractivity contribution in [3.8, 4) is 0 Å². The molecule has 0 amide bonds. The second-order valence-corrected chi connectivity index (χ2v) is 4.37. The first-order valence-corrected chi connectivity index (χ1v) is 5.65. The quantitative estimate of drug-likeness (QED) is 0.543. The fraction of sp³-hybridized carbons (Fsp3) is 1.00. The summed E-state index contributed by atoms with van der Waals surface area (Å²) >= 11 is 0. The van der Waals surface area contributed by atoms with Gasteiger partial charge in [0.15, 0.2) is 0 Å². The maximum atomic E-state index is 8.06. The van der Waals surface area contributed by atoms with Crippen molar-refractivity contribution in [2.75, 3.05) is 0 Å². The third-order valence-electron chi connectivity index (χ3n) is 0. The molecule has 0 aromatic rings. The molecule has 5 heteroatoms. The van der Waals surface area contributed by atoms with Crippen molar-refractivity contribution >= 4 is 0 Å². The van der Waals surface area contributed by atoms with E-state index < -0.39 is 0 Å². The molecular weight excluding hydrogens is 299 g/mol. The van der Waals surface area contributed by atoms with Gasteiger partial charge < -0.3 is 20.4 Å². The summed E-state index contributed by atoms with van der Waals surface area (Å²) in [4.78, 5) is 0. The first kappa shape index (κ1) is 30.6. The van der Waals surface area contributed by atoms with E-state index in [9.17, 15) is 0 Å². The number of hydrogen-bond donors (Lipinski definition) is 4. The second-order valence-electron chi connectivity index (χ2n) is 4.37. The van der Waals surface area contributed by atoms with E-state index in [1.54, 1.807) is 55.4 Å². The Bertz CT molecular complexity index is 61.5. The van der Waals surface area contributed by atoms with Crippen LogP contribution in [0, 0.1) is 0 Å². The molecule has 4 nitrogen and oxygen atoms in total. The molecule has 0 atom stereocenters. The molecule has 0 saturated carbocycles. The Balaban J connectivity index is -0.0000000369. The summed E-state index contributed by atoms with van der Waals surface area (Å²) < 4.78 is 0. The van der Waals surface area contributed by atoms with E-state index >= 15 is 0 Å². The number of aliphatic hydroxyl groups is 4. The first-order valence-electron chi connectivity index (χ1n) is 5.65. The normalized spacial score (nSPS) is 8.47. The van der Waals surface area contributed by atoms with E-state index in [4.69, 9.17) is 20.4 Å². The topological polar surface area (TPSA) is 80.9 Å². The van der Waals surface area contributed by atoms with Crippen molar-refractivity contribution in [3.63, 3.8) is 0 Å². The predicted octanol–water partition coefficient (Wildman–Crippen LogP) is 1.55. The maximum Gasteiger partial charge on any atom is 0.0483 e. The average Bonchev–Trinajstić information content (AvgIpc) is 1.76. The van der Waals surface area contributed by atoms with Gasteiger partial charge in [-0.1, -0.05) is 0 Å². The zero-order chi connectivity index (χ0) is 14.3. The van der Waals surface area contributed by atoms with Crippen LogP contribution in [0.5, 0.6) is 0 Å². The van der Waals surface area contributed by atoms with Gasteiger partial charge in [-0.2, -0.15) is 0 Å². The minimum absolute atomic E-state index is 0. The van der Waals surface area contributed by atoms with Crippen LogP contribution in [0.1, 0.15) is 55.4 Å². The molecule has 0 radical (unpaired) electrons. The van der Waals surface area contributed by atoms with Crippen LogP contribution in [0.15, 0.2) is 0 Å². The Morgan fingerprint density at radius 1 is 0.412 bits per heavy atom. The van der Waals surface area contributed by atoms with Gasteiger partial charge in [-0.25, -0.2) is 0 Å². The van der Waals surface area contributed by atoms with Crippen LogP contribution in [0.25, 0.3) is 0 Å². The zero-order valence-corrected chi connectivity index (χ0v) is 15.1. The molecule has 0 aromatic heterocycles. The van der Waals surface area contributed by atoms with Gasteiger partial charge in [0.2, 0.25) is 0 Å². The van der Waals surface area contributed by atoms with E-state index in [1.165, 1.54) is 0 Å². The van der Waals surface area contributed by atoms with Gasteiger partial charge in [-0.05, 0) is 55.4 Å². The molecule has 0 saturated heterocycles. The van der Waals surface area contributed by atoms with Crippen LogP contribution in [0.2, 0.25) is 0 Å². The molecule has 0 rings (SSSR count). The van der Waals surface area contributed by atoms with E-state index in [2.05, 4.69) is 0 Å². The maximum absolute atomic E-state index is 8.06. The molecule has 0 fully saturated rings. The third kappa shape index (κ3) is 6930. The van der Waals surface area contributed by atoms with Crippen LogP contribution in [-0.2, 0) is 26.2 Å². The molecule has 0 unspecified atom stereocenters. The molecule has 0 aliphatic carbocycles. The Hall–Kier alpha value is 0.723. The van der Waals surface area contributed by atoms with Gasteiger partial charge >= 0.3 is 0 Å². The van der Waals surface area contributed by atoms with Gasteiger partial charge in [0.1, 0.15) is 0 Å². The van der Waals surface area contributed by atoms with Gasteiger partial charge in [0, 0.05) is 50.6 Å². The van der Waals surface area contributed by atoms with E-state index in [-0.39, 0.29) is 50.6 Å². The predicted molar refractivity (Wildman–Crippen MR) is 69.4 cm³/mol. The van der Waals surface area contributed by atoms with Crippen molar-refractivity contribution in [2.24, 2.45) is 0 Å². The SMILES string of the molecule is CC(C)O.CC(C)O.CC(C)O.CC(C)O.[Zr].